The molecule has 45 heavy (non-hydrogen) atoms. The lowest BCUT2D eigenvalue weighted by Gasteiger charge is -2.24. The van der Waals surface area contributed by atoms with E-state index in [1.54, 1.807) is 0 Å². The van der Waals surface area contributed by atoms with Crippen molar-refractivity contribution >= 4 is 17.9 Å². The highest BCUT2D eigenvalue weighted by Crippen LogP contribution is 2.21. The van der Waals surface area contributed by atoms with Gasteiger partial charge in [0.05, 0.1) is 19.8 Å². The molecule has 1 aromatic heterocycles. The van der Waals surface area contributed by atoms with Gasteiger partial charge in [0.1, 0.15) is 18.1 Å². The van der Waals surface area contributed by atoms with E-state index in [0.29, 0.717) is 13.7 Å². The van der Waals surface area contributed by atoms with Crippen LogP contribution in [0, 0.1) is 17.8 Å². The number of esters is 3. The Kier molecular flexibility index (Phi) is 12.0. The minimum Gasteiger partial charge on any atom is -0.464 e. The van der Waals surface area contributed by atoms with Crippen LogP contribution in [0.5, 0.6) is 0 Å². The predicted molar refractivity (Wildman–Crippen MR) is 166 cm³/mol. The second-order valence-corrected chi connectivity index (χ2v) is 12.3. The first kappa shape index (κ1) is 33.9. The summed E-state index contributed by atoms with van der Waals surface area (Å²) in [5, 5.41) is 0. The number of hydrogen-bond acceptors (Lipinski definition) is 9. The molecule has 4 rings (SSSR count). The number of carbonyl (C=O) groups excluding carboxylic acids is 3. The summed E-state index contributed by atoms with van der Waals surface area (Å²) in [5.41, 5.74) is -3.53. The molecular formula is C33H45N3O9. The quantitative estimate of drug-likeness (QED) is 0.193. The van der Waals surface area contributed by atoms with Gasteiger partial charge < -0.3 is 14.2 Å². The molecule has 0 amide bonds. The van der Waals surface area contributed by atoms with E-state index in [9.17, 15) is 28.8 Å². The van der Waals surface area contributed by atoms with Crippen LogP contribution in [0.2, 0.25) is 0 Å². The molecule has 0 spiro atoms. The van der Waals surface area contributed by atoms with Crippen LogP contribution in [-0.2, 0) is 28.6 Å². The van der Waals surface area contributed by atoms with Crippen molar-refractivity contribution in [2.45, 2.75) is 96.7 Å². The number of aromatic nitrogens is 3. The highest BCUT2D eigenvalue weighted by atomic mass is 16.5. The van der Waals surface area contributed by atoms with Gasteiger partial charge in [-0.05, 0) is 96.3 Å². The van der Waals surface area contributed by atoms with Gasteiger partial charge in [0.2, 0.25) is 0 Å². The fourth-order valence-corrected chi connectivity index (χ4v) is 5.89. The standard InChI is InChI=1S/C33H45N3O9/c1-22(28(37)43-19-25-13-7-4-8-14-25)34-31(40)35(23(2)29(38)44-20-26-15-9-5-10-16-26)33(42)36(32(34)41)24(3)30(39)45-21-27-17-11-6-12-18-27/h4-7,9,11,22-27H,8,10,12-21H2,1-3H3. The fourth-order valence-electron chi connectivity index (χ4n) is 5.89. The van der Waals surface area contributed by atoms with E-state index >= 15 is 0 Å². The molecule has 0 aromatic carbocycles. The Balaban J connectivity index is 1.64. The second-order valence-electron chi connectivity index (χ2n) is 12.3. The van der Waals surface area contributed by atoms with Crippen LogP contribution in [-0.4, -0.2) is 51.4 Å². The molecule has 3 aliphatic rings. The zero-order valence-electron chi connectivity index (χ0n) is 26.4. The summed E-state index contributed by atoms with van der Waals surface area (Å²) in [6.45, 7) is 4.25. The number of carbonyl (C=O) groups is 3. The van der Waals surface area contributed by atoms with Crippen molar-refractivity contribution in [3.05, 3.63) is 67.9 Å². The van der Waals surface area contributed by atoms with Gasteiger partial charge in [0.15, 0.2) is 0 Å². The van der Waals surface area contributed by atoms with Gasteiger partial charge in [-0.25, -0.2) is 42.5 Å². The van der Waals surface area contributed by atoms with E-state index in [4.69, 9.17) is 14.2 Å². The molecule has 1 heterocycles. The van der Waals surface area contributed by atoms with Gasteiger partial charge in [-0.15, -0.1) is 0 Å². The average molecular weight is 628 g/mol. The number of hydrogen-bond donors (Lipinski definition) is 0. The molecule has 0 fully saturated rings. The Hall–Kier alpha value is -3.96. The maximum atomic E-state index is 13.7. The molecule has 1 aromatic rings. The molecule has 3 aliphatic carbocycles. The number of nitrogens with zero attached hydrogens (tertiary/aromatic N) is 3. The molecule has 6 unspecified atom stereocenters. The Bertz CT molecular complexity index is 1290. The number of ether oxygens (including phenoxy) is 3. The maximum absolute atomic E-state index is 13.7. The largest absolute Gasteiger partial charge is 0.464 e. The SMILES string of the molecule is CC(C(=O)OCC1CC=CCC1)n1c(=O)n(C(C)C(=O)OCC2CC=CCC2)c(=O)n(C(C)C(=O)OCC2CC=CCC2)c1=O. The second kappa shape index (κ2) is 15.9. The number of allylic oxidation sites excluding steroid dienone is 6. The molecule has 0 N–H and O–H groups in total. The molecular weight excluding hydrogens is 582 g/mol. The lowest BCUT2D eigenvalue weighted by Crippen LogP contribution is -2.59. The minimum atomic E-state index is -1.45. The lowest BCUT2D eigenvalue weighted by molar-refractivity contribution is -0.149. The third-order valence-electron chi connectivity index (χ3n) is 8.94. The van der Waals surface area contributed by atoms with Crippen molar-refractivity contribution in [2.75, 3.05) is 19.8 Å². The minimum absolute atomic E-state index is 0.105. The van der Waals surface area contributed by atoms with Gasteiger partial charge in [-0.1, -0.05) is 36.5 Å². The van der Waals surface area contributed by atoms with E-state index in [-0.39, 0.29) is 37.6 Å². The molecule has 6 atom stereocenters. The summed E-state index contributed by atoms with van der Waals surface area (Å²) in [4.78, 5) is 80.6. The van der Waals surface area contributed by atoms with Crippen LogP contribution in [0.15, 0.2) is 50.8 Å². The third kappa shape index (κ3) is 8.40. The van der Waals surface area contributed by atoms with E-state index < -0.39 is 53.1 Å². The van der Waals surface area contributed by atoms with Crippen LogP contribution in [0.3, 0.4) is 0 Å². The normalized spacial score (nSPS) is 23.1. The topological polar surface area (TPSA) is 145 Å². The van der Waals surface area contributed by atoms with Crippen molar-refractivity contribution in [1.82, 2.24) is 13.7 Å². The van der Waals surface area contributed by atoms with Crippen molar-refractivity contribution in [1.29, 1.82) is 0 Å². The Labute approximate surface area is 262 Å². The van der Waals surface area contributed by atoms with Crippen molar-refractivity contribution in [3.8, 4) is 0 Å². The summed E-state index contributed by atoms with van der Waals surface area (Å²) >= 11 is 0. The van der Waals surface area contributed by atoms with Crippen molar-refractivity contribution in [2.24, 2.45) is 17.8 Å². The highest BCUT2D eigenvalue weighted by molar-refractivity contribution is 5.75. The molecule has 12 nitrogen and oxygen atoms in total. The molecule has 0 saturated carbocycles. The Morgan fingerprint density at radius 2 is 0.822 bits per heavy atom. The van der Waals surface area contributed by atoms with Crippen LogP contribution >= 0.6 is 0 Å². The summed E-state index contributed by atoms with van der Waals surface area (Å²) in [6.07, 6.45) is 19.6. The van der Waals surface area contributed by atoms with Crippen LogP contribution in [0.4, 0.5) is 0 Å². The first-order valence-electron chi connectivity index (χ1n) is 16.0. The van der Waals surface area contributed by atoms with E-state index in [2.05, 4.69) is 18.2 Å². The zero-order chi connectivity index (χ0) is 32.5. The molecule has 0 aliphatic heterocycles. The third-order valence-corrected chi connectivity index (χ3v) is 8.94. The van der Waals surface area contributed by atoms with Crippen LogP contribution in [0.25, 0.3) is 0 Å². The monoisotopic (exact) mass is 627 g/mol. The van der Waals surface area contributed by atoms with Crippen molar-refractivity contribution in [3.63, 3.8) is 0 Å². The fraction of sp³-hybridized carbons (Fsp3) is 0.636. The first-order valence-corrected chi connectivity index (χ1v) is 16.0. The summed E-state index contributed by atoms with van der Waals surface area (Å²) in [7, 11) is 0. The number of rotatable bonds is 12. The van der Waals surface area contributed by atoms with Gasteiger partial charge in [0.25, 0.3) is 0 Å². The average Bonchev–Trinajstić information content (AvgIpc) is 3.06. The van der Waals surface area contributed by atoms with Crippen molar-refractivity contribution < 1.29 is 28.6 Å². The predicted octanol–water partition coefficient (Wildman–Crippen LogP) is 3.55. The molecule has 0 saturated heterocycles. The van der Waals surface area contributed by atoms with E-state index in [1.165, 1.54) is 20.8 Å². The molecule has 0 radical (unpaired) electrons. The molecule has 246 valence electrons. The maximum Gasteiger partial charge on any atom is 0.337 e. The lowest BCUT2D eigenvalue weighted by atomic mass is 9.95. The van der Waals surface area contributed by atoms with Gasteiger partial charge in [-0.2, -0.15) is 0 Å². The van der Waals surface area contributed by atoms with Crippen LogP contribution < -0.4 is 17.1 Å². The highest BCUT2D eigenvalue weighted by Gasteiger charge is 2.33. The van der Waals surface area contributed by atoms with E-state index in [0.717, 1.165) is 57.8 Å². The summed E-state index contributed by atoms with van der Waals surface area (Å²) < 4.78 is 18.1. The Morgan fingerprint density at radius 1 is 0.556 bits per heavy atom. The molecule has 0 bridgehead atoms. The van der Waals surface area contributed by atoms with E-state index in [1.807, 2.05) is 18.2 Å². The smallest absolute Gasteiger partial charge is 0.337 e. The van der Waals surface area contributed by atoms with Gasteiger partial charge >= 0.3 is 35.0 Å². The van der Waals surface area contributed by atoms with Crippen LogP contribution in [0.1, 0.15) is 96.7 Å². The molecule has 12 heteroatoms. The summed E-state index contributed by atoms with van der Waals surface area (Å²) in [6, 6.07) is -4.34. The Morgan fingerprint density at radius 3 is 1.04 bits per heavy atom. The zero-order valence-corrected chi connectivity index (χ0v) is 26.4. The summed E-state index contributed by atoms with van der Waals surface area (Å²) in [5.74, 6) is -2.21. The van der Waals surface area contributed by atoms with Gasteiger partial charge in [0, 0.05) is 0 Å². The first-order chi connectivity index (χ1) is 21.6. The van der Waals surface area contributed by atoms with Gasteiger partial charge in [-0.3, -0.25) is 0 Å².